The van der Waals surface area contributed by atoms with Crippen LogP contribution < -0.4 is 11.1 Å². The molecule has 176 valence electrons. The van der Waals surface area contributed by atoms with E-state index in [1.807, 2.05) is 6.92 Å². The number of rotatable bonds is 9. The molecule has 33 heavy (non-hydrogen) atoms. The molecule has 0 radical (unpaired) electrons. The summed E-state index contributed by atoms with van der Waals surface area (Å²) in [5, 5.41) is 23.3. The van der Waals surface area contributed by atoms with Crippen LogP contribution in [0.3, 0.4) is 0 Å². The van der Waals surface area contributed by atoms with Crippen LogP contribution in [0.2, 0.25) is 0 Å². The van der Waals surface area contributed by atoms with Crippen LogP contribution in [0.25, 0.3) is 0 Å². The van der Waals surface area contributed by atoms with Gasteiger partial charge in [0.15, 0.2) is 5.71 Å². The Kier molecular flexibility index (Phi) is 7.65. The Hall–Kier alpha value is -3.46. The zero-order valence-corrected chi connectivity index (χ0v) is 18.7. The fourth-order valence-electron chi connectivity index (χ4n) is 2.96. The smallest absolute Gasteiger partial charge is 0.479 e. The highest BCUT2D eigenvalue weighted by Gasteiger charge is 2.54. The Morgan fingerprint density at radius 2 is 2.15 bits per heavy atom. The first kappa shape index (κ1) is 24.2. The normalized spacial score (nSPS) is 20.0. The Morgan fingerprint density at radius 3 is 2.79 bits per heavy atom. The van der Waals surface area contributed by atoms with Crippen molar-refractivity contribution in [2.24, 2.45) is 5.16 Å². The van der Waals surface area contributed by atoms with Crippen LogP contribution in [0.5, 0.6) is 0 Å². The number of carboxylic acid groups (broad SMARTS) is 2. The Balaban J connectivity index is 1.80. The number of carboxylic acids is 1. The van der Waals surface area contributed by atoms with Gasteiger partial charge >= 0.3 is 12.1 Å². The van der Waals surface area contributed by atoms with E-state index in [0.29, 0.717) is 16.4 Å². The maximum Gasteiger partial charge on any atom is 0.512 e. The lowest BCUT2D eigenvalue weighted by molar-refractivity contribution is -0.148. The van der Waals surface area contributed by atoms with Crippen molar-refractivity contribution < 1.29 is 39.0 Å². The first-order valence-electron chi connectivity index (χ1n) is 9.39. The molecule has 1 aromatic heterocycles. The second-order valence-electron chi connectivity index (χ2n) is 6.45. The number of nitrogens with one attached hydrogen (secondary N) is 1. The standard InChI is InChI=1S/C18H19N5O8S2/c1-2-32-9-7-33-17-13(15(27)23(17)16(9)31-18(28)29)21-14(26)12(22-30-6-11(24)25)8-4-3-5-10(19)20-8/h3-5,13,17H,2,6-7H2,1H3,(H2,19,20)(H,21,26)(H,24,25)(H,28,29)/t13?,17-/m0/s1. The predicted molar refractivity (Wildman–Crippen MR) is 118 cm³/mol. The molecule has 0 saturated carbocycles. The fraction of sp³-hybridized carbons (Fsp3) is 0.333. The topological polar surface area (TPSA) is 194 Å². The second-order valence-corrected chi connectivity index (χ2v) is 8.91. The molecule has 0 aliphatic carbocycles. The van der Waals surface area contributed by atoms with E-state index in [2.05, 4.69) is 15.5 Å². The number of β-lactam (4-membered cyclic amide) rings is 1. The molecule has 2 aliphatic heterocycles. The largest absolute Gasteiger partial charge is 0.512 e. The number of anilines is 1. The van der Waals surface area contributed by atoms with Crippen LogP contribution in [0, 0.1) is 0 Å². The van der Waals surface area contributed by atoms with Crippen molar-refractivity contribution in [2.75, 3.05) is 23.8 Å². The molecule has 0 bridgehead atoms. The highest BCUT2D eigenvalue weighted by Crippen LogP contribution is 2.43. The van der Waals surface area contributed by atoms with Gasteiger partial charge in [0.05, 0.1) is 4.91 Å². The molecule has 2 amide bonds. The molecule has 2 atom stereocenters. The lowest BCUT2D eigenvalue weighted by atomic mass is 10.1. The number of pyridine rings is 1. The number of fused-ring (bicyclic) bond motifs is 1. The summed E-state index contributed by atoms with van der Waals surface area (Å²) in [7, 11) is 0. The molecule has 2 aliphatic rings. The zero-order valence-electron chi connectivity index (χ0n) is 17.1. The van der Waals surface area contributed by atoms with Crippen molar-refractivity contribution in [1.82, 2.24) is 15.2 Å². The van der Waals surface area contributed by atoms with Gasteiger partial charge in [-0.3, -0.25) is 14.5 Å². The summed E-state index contributed by atoms with van der Waals surface area (Å²) in [5.41, 5.74) is 5.28. The lowest BCUT2D eigenvalue weighted by Crippen LogP contribution is -2.70. The Morgan fingerprint density at radius 1 is 1.39 bits per heavy atom. The number of hydrogen-bond acceptors (Lipinski definition) is 11. The monoisotopic (exact) mass is 497 g/mol. The summed E-state index contributed by atoms with van der Waals surface area (Å²) in [6, 6.07) is 3.40. The maximum atomic E-state index is 12.9. The number of nitrogen functional groups attached to an aromatic ring is 1. The third-order valence-corrected chi connectivity index (χ3v) is 6.67. The SMILES string of the molecule is CCSC1=C(OC(=O)O)N2C(=O)C(NC(=O)C(=NOCC(=O)O)c3cccc(N)n3)[C@@H]2SC1. The number of aromatic nitrogens is 1. The van der Waals surface area contributed by atoms with Gasteiger partial charge in [0.25, 0.3) is 11.8 Å². The summed E-state index contributed by atoms with van der Waals surface area (Å²) < 4.78 is 4.85. The van der Waals surface area contributed by atoms with Crippen molar-refractivity contribution in [3.05, 3.63) is 34.7 Å². The number of hydrogen-bond donors (Lipinski definition) is 4. The van der Waals surface area contributed by atoms with Gasteiger partial charge < -0.3 is 30.8 Å². The number of nitrogens with two attached hydrogens (primary N) is 1. The minimum atomic E-state index is -1.55. The molecular formula is C18H19N5O8S2. The minimum absolute atomic E-state index is 0.00856. The van der Waals surface area contributed by atoms with E-state index in [-0.39, 0.29) is 23.1 Å². The number of ether oxygens (including phenoxy) is 1. The summed E-state index contributed by atoms with van der Waals surface area (Å²) in [6.07, 6.45) is -1.55. The van der Waals surface area contributed by atoms with Crippen LogP contribution in [-0.4, -0.2) is 79.3 Å². The van der Waals surface area contributed by atoms with E-state index < -0.39 is 42.0 Å². The maximum absolute atomic E-state index is 12.9. The summed E-state index contributed by atoms with van der Waals surface area (Å²) in [5.74, 6) is -1.67. The molecule has 1 saturated heterocycles. The van der Waals surface area contributed by atoms with Crippen LogP contribution >= 0.6 is 23.5 Å². The Labute approximate surface area is 195 Å². The first-order valence-corrected chi connectivity index (χ1v) is 11.4. The summed E-state index contributed by atoms with van der Waals surface area (Å²) >= 11 is 2.69. The highest BCUT2D eigenvalue weighted by atomic mass is 32.2. The molecule has 15 heteroatoms. The number of aliphatic carboxylic acids is 1. The first-order chi connectivity index (χ1) is 15.7. The molecule has 1 unspecified atom stereocenters. The summed E-state index contributed by atoms with van der Waals surface area (Å²) in [6.45, 7) is 1.08. The summed E-state index contributed by atoms with van der Waals surface area (Å²) in [4.78, 5) is 58.0. The Bertz CT molecular complexity index is 1050. The van der Waals surface area contributed by atoms with Crippen LogP contribution in [0.4, 0.5) is 10.6 Å². The minimum Gasteiger partial charge on any atom is -0.479 e. The molecule has 13 nitrogen and oxygen atoms in total. The van der Waals surface area contributed by atoms with Crippen LogP contribution in [0.1, 0.15) is 12.6 Å². The number of carbonyl (C=O) groups is 4. The molecule has 1 fully saturated rings. The fourth-order valence-corrected chi connectivity index (χ4v) is 5.28. The lowest BCUT2D eigenvalue weighted by Gasteiger charge is -2.48. The van der Waals surface area contributed by atoms with E-state index in [9.17, 15) is 19.2 Å². The molecule has 1 aromatic rings. The average molecular weight is 498 g/mol. The van der Waals surface area contributed by atoms with Gasteiger partial charge in [0.2, 0.25) is 12.5 Å². The third-order valence-electron chi connectivity index (χ3n) is 4.25. The molecular weight excluding hydrogens is 478 g/mol. The molecule has 3 rings (SSSR count). The van der Waals surface area contributed by atoms with Crippen LogP contribution in [-0.2, 0) is 24.0 Å². The van der Waals surface area contributed by atoms with E-state index in [1.54, 1.807) is 0 Å². The number of nitrogens with zero attached hydrogens (tertiary/aromatic N) is 3. The molecule has 3 heterocycles. The van der Waals surface area contributed by atoms with Gasteiger partial charge in [-0.2, -0.15) is 0 Å². The molecule has 5 N–H and O–H groups in total. The van der Waals surface area contributed by atoms with Crippen molar-refractivity contribution >= 4 is 59.0 Å². The van der Waals surface area contributed by atoms with Gasteiger partial charge in [0, 0.05) is 5.75 Å². The van der Waals surface area contributed by atoms with E-state index in [4.69, 9.17) is 25.5 Å². The third kappa shape index (κ3) is 5.48. The quantitative estimate of drug-likeness (QED) is 0.160. The number of amides is 2. The van der Waals surface area contributed by atoms with E-state index >= 15 is 0 Å². The van der Waals surface area contributed by atoms with Crippen molar-refractivity contribution in [3.63, 3.8) is 0 Å². The van der Waals surface area contributed by atoms with Gasteiger partial charge in [-0.1, -0.05) is 18.1 Å². The van der Waals surface area contributed by atoms with Crippen molar-refractivity contribution in [2.45, 2.75) is 18.3 Å². The molecule has 0 aromatic carbocycles. The van der Waals surface area contributed by atoms with Crippen LogP contribution in [0.15, 0.2) is 34.1 Å². The van der Waals surface area contributed by atoms with E-state index in [1.165, 1.54) is 46.6 Å². The van der Waals surface area contributed by atoms with Gasteiger partial charge in [-0.25, -0.2) is 14.6 Å². The van der Waals surface area contributed by atoms with Gasteiger partial charge in [0.1, 0.15) is 22.9 Å². The number of oxime groups is 1. The highest BCUT2D eigenvalue weighted by molar-refractivity contribution is 8.06. The van der Waals surface area contributed by atoms with Crippen molar-refractivity contribution in [1.29, 1.82) is 0 Å². The predicted octanol–water partition coefficient (Wildman–Crippen LogP) is 0.486. The van der Waals surface area contributed by atoms with Gasteiger partial charge in [-0.05, 0) is 17.9 Å². The number of thioether (sulfide) groups is 2. The zero-order chi connectivity index (χ0) is 24.1. The van der Waals surface area contributed by atoms with Gasteiger partial charge in [-0.15, -0.1) is 23.5 Å². The average Bonchev–Trinajstić information content (AvgIpc) is 2.75. The second kappa shape index (κ2) is 10.4. The van der Waals surface area contributed by atoms with Crippen molar-refractivity contribution in [3.8, 4) is 0 Å². The molecule has 0 spiro atoms. The number of carbonyl (C=O) groups excluding carboxylic acids is 2. The van der Waals surface area contributed by atoms with E-state index in [0.717, 1.165) is 0 Å².